The monoisotopic (exact) mass is 484 g/mol. The van der Waals surface area contributed by atoms with E-state index in [1.54, 1.807) is 16.8 Å². The van der Waals surface area contributed by atoms with Gasteiger partial charge >= 0.3 is 0 Å². The van der Waals surface area contributed by atoms with Gasteiger partial charge in [-0.1, -0.05) is 65.9 Å². The molecule has 10 heteroatoms. The van der Waals surface area contributed by atoms with Crippen molar-refractivity contribution in [3.63, 3.8) is 0 Å². The summed E-state index contributed by atoms with van der Waals surface area (Å²) in [6.45, 7) is 2.32. The Morgan fingerprint density at radius 1 is 0.971 bits per heavy atom. The maximum absolute atomic E-state index is 12.7. The van der Waals surface area contributed by atoms with Crippen LogP contribution in [0, 0.1) is 0 Å². The van der Waals surface area contributed by atoms with Gasteiger partial charge in [0.05, 0.1) is 38.3 Å². The Hall–Kier alpha value is -2.63. The summed E-state index contributed by atoms with van der Waals surface area (Å²) in [4.78, 5) is 1.31. The number of fused-ring (bicyclic) bond motifs is 1. The lowest BCUT2D eigenvalue weighted by Gasteiger charge is -2.18. The molecule has 5 rings (SSSR count). The first-order chi connectivity index (χ1) is 16.5. The Labute approximate surface area is 199 Å². The van der Waals surface area contributed by atoms with Crippen molar-refractivity contribution < 1.29 is 22.8 Å². The summed E-state index contributed by atoms with van der Waals surface area (Å²) in [5.41, 5.74) is 2.92. The lowest BCUT2D eigenvalue weighted by atomic mass is 10.1. The molecule has 2 aromatic carbocycles. The Balaban J connectivity index is 1.18. The van der Waals surface area contributed by atoms with Crippen LogP contribution < -0.4 is 9.62 Å². The van der Waals surface area contributed by atoms with E-state index in [4.69, 9.17) is 9.47 Å². The molecule has 2 fully saturated rings. The molecule has 3 aromatic rings. The molecule has 0 radical (unpaired) electrons. The van der Waals surface area contributed by atoms with Crippen molar-refractivity contribution in [1.82, 2.24) is 19.7 Å². The van der Waals surface area contributed by atoms with Crippen molar-refractivity contribution in [3.8, 4) is 0 Å². The Kier molecular flexibility index (Phi) is 6.75. The minimum Gasteiger partial charge on any atom is -0.371 e. The van der Waals surface area contributed by atoms with E-state index in [-0.39, 0.29) is 30.6 Å². The highest BCUT2D eigenvalue weighted by molar-refractivity contribution is 7.88. The van der Waals surface area contributed by atoms with E-state index in [1.165, 1.54) is 10.5 Å². The number of nitrogens with zero attached hydrogens (tertiary/aromatic N) is 3. The van der Waals surface area contributed by atoms with Crippen molar-refractivity contribution in [3.05, 3.63) is 83.7 Å². The first-order valence-electron chi connectivity index (χ1n) is 11.5. The van der Waals surface area contributed by atoms with E-state index in [0.717, 1.165) is 24.3 Å². The molecule has 3 heterocycles. The summed E-state index contributed by atoms with van der Waals surface area (Å²) >= 11 is 0. The predicted octanol–water partition coefficient (Wildman–Crippen LogP) is 0.320. The molecule has 0 aliphatic carbocycles. The first-order valence-corrected chi connectivity index (χ1v) is 13.2. The van der Waals surface area contributed by atoms with Crippen LogP contribution in [-0.2, 0) is 38.3 Å². The zero-order valence-corrected chi connectivity index (χ0v) is 19.9. The third-order valence-electron chi connectivity index (χ3n) is 6.29. The number of quaternary nitrogens is 1. The number of rotatable bonds is 9. The minimum atomic E-state index is -3.52. The third-order valence-corrected chi connectivity index (χ3v) is 7.66. The fourth-order valence-corrected chi connectivity index (χ4v) is 6.12. The van der Waals surface area contributed by atoms with Gasteiger partial charge in [0.25, 0.3) is 0 Å². The van der Waals surface area contributed by atoms with Crippen molar-refractivity contribution in [2.45, 2.75) is 43.1 Å². The van der Waals surface area contributed by atoms with Crippen LogP contribution in [0.2, 0.25) is 0 Å². The molecule has 2 saturated heterocycles. The fraction of sp³-hybridized carbons (Fsp3) is 0.417. The van der Waals surface area contributed by atoms with E-state index in [9.17, 15) is 8.42 Å². The summed E-state index contributed by atoms with van der Waals surface area (Å²) in [7, 11) is -1.39. The van der Waals surface area contributed by atoms with Gasteiger partial charge < -0.3 is 14.4 Å². The molecule has 2 N–H and O–H groups in total. The smallest absolute Gasteiger partial charge is 0.216 e. The molecule has 0 bridgehead atoms. The second-order valence-electron chi connectivity index (χ2n) is 9.12. The SMILES string of the molecule is C[NH+](Cc1ccccc1)Cc1cn([C@H]2CO[C@H]3[C@@H]2OC[C@@H]3NS(=O)(=O)Cc2ccccc2)nn1. The molecule has 0 saturated carbocycles. The highest BCUT2D eigenvalue weighted by Gasteiger charge is 2.49. The molecule has 5 atom stereocenters. The zero-order chi connectivity index (χ0) is 23.5. The quantitative estimate of drug-likeness (QED) is 0.454. The lowest BCUT2D eigenvalue weighted by Crippen LogP contribution is -3.06. The molecule has 9 nitrogen and oxygen atoms in total. The Bertz CT molecular complexity index is 1190. The van der Waals surface area contributed by atoms with Crippen LogP contribution in [0.15, 0.2) is 66.9 Å². The van der Waals surface area contributed by atoms with Crippen molar-refractivity contribution in [2.75, 3.05) is 20.3 Å². The van der Waals surface area contributed by atoms with Gasteiger partial charge in [0.1, 0.15) is 37.0 Å². The number of sulfonamides is 1. The standard InChI is InChI=1S/C24H29N5O4S/c1-28(12-18-8-4-2-5-9-18)13-20-14-29(27-25-20)22-16-33-23-21(15-32-24(22)23)26-34(30,31)17-19-10-6-3-7-11-19/h2-11,14,21-24,26H,12-13,15-17H2,1H3/p+1/t21-,22-,23+,24+/m0/s1. The predicted molar refractivity (Wildman–Crippen MR) is 125 cm³/mol. The molecule has 0 amide bonds. The molecule has 2 aliphatic rings. The maximum Gasteiger partial charge on any atom is 0.216 e. The number of aromatic nitrogens is 3. The van der Waals surface area contributed by atoms with Gasteiger partial charge in [-0.15, -0.1) is 5.10 Å². The van der Waals surface area contributed by atoms with Gasteiger partial charge in [0.2, 0.25) is 10.0 Å². The van der Waals surface area contributed by atoms with Crippen LogP contribution in [0.25, 0.3) is 0 Å². The number of hydrogen-bond donors (Lipinski definition) is 2. The molecule has 1 unspecified atom stereocenters. The largest absolute Gasteiger partial charge is 0.371 e. The second kappa shape index (κ2) is 9.93. The highest BCUT2D eigenvalue weighted by atomic mass is 32.2. The molecular weight excluding hydrogens is 454 g/mol. The number of nitrogens with one attached hydrogen (secondary N) is 2. The molecule has 34 heavy (non-hydrogen) atoms. The third kappa shape index (κ3) is 5.37. The number of ether oxygens (including phenoxy) is 2. The van der Waals surface area contributed by atoms with Gasteiger partial charge in [-0.25, -0.2) is 17.8 Å². The van der Waals surface area contributed by atoms with Gasteiger partial charge in [0, 0.05) is 5.56 Å². The number of benzene rings is 2. The van der Waals surface area contributed by atoms with E-state index in [2.05, 4.69) is 34.2 Å². The van der Waals surface area contributed by atoms with Gasteiger partial charge in [-0.05, 0) is 5.56 Å². The van der Waals surface area contributed by atoms with Crippen molar-refractivity contribution >= 4 is 10.0 Å². The highest BCUT2D eigenvalue weighted by Crippen LogP contribution is 2.34. The van der Waals surface area contributed by atoms with Crippen LogP contribution >= 0.6 is 0 Å². The summed E-state index contributed by atoms with van der Waals surface area (Å²) in [6, 6.07) is 18.9. The Morgan fingerprint density at radius 3 is 2.38 bits per heavy atom. The van der Waals surface area contributed by atoms with Crippen LogP contribution in [0.4, 0.5) is 0 Å². The first kappa shape index (κ1) is 23.1. The zero-order valence-electron chi connectivity index (χ0n) is 19.1. The summed E-state index contributed by atoms with van der Waals surface area (Å²) in [6.07, 6.45) is 1.32. The average molecular weight is 485 g/mol. The van der Waals surface area contributed by atoms with E-state index >= 15 is 0 Å². The van der Waals surface area contributed by atoms with E-state index < -0.39 is 16.1 Å². The molecule has 0 spiro atoms. The summed E-state index contributed by atoms with van der Waals surface area (Å²) in [5, 5.41) is 8.68. The van der Waals surface area contributed by atoms with Gasteiger partial charge in [0.15, 0.2) is 0 Å². The second-order valence-corrected chi connectivity index (χ2v) is 10.9. The van der Waals surface area contributed by atoms with Gasteiger partial charge in [-0.3, -0.25) is 0 Å². The van der Waals surface area contributed by atoms with Crippen molar-refractivity contribution in [2.24, 2.45) is 0 Å². The Morgan fingerprint density at radius 2 is 1.65 bits per heavy atom. The molecule has 1 aromatic heterocycles. The molecule has 2 aliphatic heterocycles. The number of hydrogen-bond acceptors (Lipinski definition) is 6. The topological polar surface area (TPSA) is 99.8 Å². The lowest BCUT2D eigenvalue weighted by molar-refractivity contribution is -0.908. The van der Waals surface area contributed by atoms with E-state index in [1.807, 2.05) is 42.6 Å². The van der Waals surface area contributed by atoms with Crippen LogP contribution in [0.5, 0.6) is 0 Å². The fourth-order valence-electron chi connectivity index (χ4n) is 4.75. The maximum atomic E-state index is 12.7. The molecule has 180 valence electrons. The van der Waals surface area contributed by atoms with Crippen LogP contribution in [0.3, 0.4) is 0 Å². The summed E-state index contributed by atoms with van der Waals surface area (Å²) in [5.74, 6) is -0.0730. The summed E-state index contributed by atoms with van der Waals surface area (Å²) < 4.78 is 41.9. The van der Waals surface area contributed by atoms with Crippen LogP contribution in [-0.4, -0.2) is 61.9 Å². The van der Waals surface area contributed by atoms with E-state index in [0.29, 0.717) is 6.61 Å². The van der Waals surface area contributed by atoms with Gasteiger partial charge in [-0.2, -0.15) is 0 Å². The average Bonchev–Trinajstić information content (AvgIpc) is 3.52. The molecular formula is C24H30N5O4S+. The normalized spacial score (nSPS) is 25.3. The van der Waals surface area contributed by atoms with Crippen molar-refractivity contribution in [1.29, 1.82) is 0 Å². The van der Waals surface area contributed by atoms with Crippen LogP contribution in [0.1, 0.15) is 22.9 Å². The minimum absolute atomic E-state index is 0.0730.